The smallest absolute Gasteiger partial charge is 0.0590 e. The zero-order valence-corrected chi connectivity index (χ0v) is 10.8. The van der Waals surface area contributed by atoms with Crippen molar-refractivity contribution in [2.45, 2.75) is 19.9 Å². The SMILES string of the molecule is CCOCCNCc1ccc2c(c1)CCN2C. The Hall–Kier alpha value is -1.06. The molecule has 0 radical (unpaired) electrons. The molecule has 17 heavy (non-hydrogen) atoms. The predicted octanol–water partition coefficient (Wildman–Crippen LogP) is 1.80. The highest BCUT2D eigenvalue weighted by Crippen LogP contribution is 2.27. The Kier molecular flexibility index (Phi) is 4.40. The molecule has 1 N–H and O–H groups in total. The van der Waals surface area contributed by atoms with Crippen LogP contribution in [0.4, 0.5) is 5.69 Å². The quantitative estimate of drug-likeness (QED) is 0.760. The average Bonchev–Trinajstić information content (AvgIpc) is 2.71. The summed E-state index contributed by atoms with van der Waals surface area (Å²) in [5, 5.41) is 3.40. The van der Waals surface area contributed by atoms with E-state index in [0.29, 0.717) is 0 Å². The summed E-state index contributed by atoms with van der Waals surface area (Å²) < 4.78 is 5.29. The number of hydrogen-bond donors (Lipinski definition) is 1. The zero-order valence-electron chi connectivity index (χ0n) is 10.8. The van der Waals surface area contributed by atoms with Crippen LogP contribution in [0, 0.1) is 0 Å². The second-order valence-corrected chi connectivity index (χ2v) is 4.51. The zero-order chi connectivity index (χ0) is 12.1. The molecule has 0 unspecified atom stereocenters. The van der Waals surface area contributed by atoms with Gasteiger partial charge in [0.1, 0.15) is 0 Å². The minimum Gasteiger partial charge on any atom is -0.380 e. The van der Waals surface area contributed by atoms with E-state index in [1.54, 1.807) is 0 Å². The number of likely N-dealkylation sites (N-methyl/N-ethyl adjacent to an activating group) is 1. The molecule has 0 aliphatic carbocycles. The molecular formula is C14H22N2O. The monoisotopic (exact) mass is 234 g/mol. The van der Waals surface area contributed by atoms with Crippen LogP contribution in [0.2, 0.25) is 0 Å². The lowest BCUT2D eigenvalue weighted by molar-refractivity contribution is 0.149. The van der Waals surface area contributed by atoms with Gasteiger partial charge in [0, 0.05) is 39.0 Å². The van der Waals surface area contributed by atoms with Gasteiger partial charge in [-0.15, -0.1) is 0 Å². The van der Waals surface area contributed by atoms with Crippen molar-refractivity contribution in [2.75, 3.05) is 38.3 Å². The van der Waals surface area contributed by atoms with Gasteiger partial charge in [-0.1, -0.05) is 12.1 Å². The fourth-order valence-corrected chi connectivity index (χ4v) is 2.25. The summed E-state index contributed by atoms with van der Waals surface area (Å²) in [7, 11) is 2.16. The van der Waals surface area contributed by atoms with Gasteiger partial charge in [-0.25, -0.2) is 0 Å². The Balaban J connectivity index is 1.82. The molecule has 0 atom stereocenters. The molecule has 0 spiro atoms. The van der Waals surface area contributed by atoms with E-state index in [-0.39, 0.29) is 0 Å². The summed E-state index contributed by atoms with van der Waals surface area (Å²) in [5.41, 5.74) is 4.25. The molecule has 1 heterocycles. The maximum absolute atomic E-state index is 5.29. The van der Waals surface area contributed by atoms with E-state index in [9.17, 15) is 0 Å². The normalized spacial score (nSPS) is 14.1. The third-order valence-electron chi connectivity index (χ3n) is 3.23. The molecule has 0 aromatic heterocycles. The van der Waals surface area contributed by atoms with Crippen LogP contribution in [0.5, 0.6) is 0 Å². The van der Waals surface area contributed by atoms with Crippen molar-refractivity contribution in [3.05, 3.63) is 29.3 Å². The van der Waals surface area contributed by atoms with Gasteiger partial charge in [-0.2, -0.15) is 0 Å². The van der Waals surface area contributed by atoms with Crippen LogP contribution in [0.3, 0.4) is 0 Å². The Morgan fingerprint density at radius 2 is 2.29 bits per heavy atom. The second-order valence-electron chi connectivity index (χ2n) is 4.51. The first kappa shape index (κ1) is 12.4. The van der Waals surface area contributed by atoms with E-state index in [2.05, 4.69) is 35.5 Å². The molecule has 1 aromatic rings. The van der Waals surface area contributed by atoms with Crippen molar-refractivity contribution >= 4 is 5.69 Å². The van der Waals surface area contributed by atoms with Gasteiger partial charge >= 0.3 is 0 Å². The van der Waals surface area contributed by atoms with Gasteiger partial charge in [0.15, 0.2) is 0 Å². The highest BCUT2D eigenvalue weighted by Gasteiger charge is 2.15. The Morgan fingerprint density at radius 3 is 3.12 bits per heavy atom. The number of nitrogens with zero attached hydrogens (tertiary/aromatic N) is 1. The molecule has 3 heteroatoms. The van der Waals surface area contributed by atoms with Crippen LogP contribution in [0.15, 0.2) is 18.2 Å². The molecule has 1 aliphatic rings. The molecule has 0 saturated carbocycles. The molecule has 94 valence electrons. The number of rotatable bonds is 6. The number of nitrogens with one attached hydrogen (secondary N) is 1. The molecule has 0 saturated heterocycles. The lowest BCUT2D eigenvalue weighted by Crippen LogP contribution is -2.19. The van der Waals surface area contributed by atoms with Crippen LogP contribution in [-0.4, -0.2) is 33.4 Å². The average molecular weight is 234 g/mol. The van der Waals surface area contributed by atoms with Gasteiger partial charge < -0.3 is 15.0 Å². The van der Waals surface area contributed by atoms with Gasteiger partial charge in [-0.05, 0) is 30.5 Å². The van der Waals surface area contributed by atoms with Gasteiger partial charge in [0.25, 0.3) is 0 Å². The van der Waals surface area contributed by atoms with Crippen LogP contribution in [0.25, 0.3) is 0 Å². The number of hydrogen-bond acceptors (Lipinski definition) is 3. The molecule has 0 fully saturated rings. The summed E-state index contributed by atoms with van der Waals surface area (Å²) in [5.74, 6) is 0. The van der Waals surface area contributed by atoms with Gasteiger partial charge in [0.05, 0.1) is 6.61 Å². The highest BCUT2D eigenvalue weighted by molar-refractivity contribution is 5.58. The molecule has 0 bridgehead atoms. The Morgan fingerprint density at radius 1 is 1.41 bits per heavy atom. The lowest BCUT2D eigenvalue weighted by Gasteiger charge is -2.12. The minimum atomic E-state index is 0.796. The fourth-order valence-electron chi connectivity index (χ4n) is 2.25. The summed E-state index contributed by atoms with van der Waals surface area (Å²) in [4.78, 5) is 2.32. The van der Waals surface area contributed by atoms with Crippen LogP contribution in [0.1, 0.15) is 18.1 Å². The first-order chi connectivity index (χ1) is 8.31. The summed E-state index contributed by atoms with van der Waals surface area (Å²) >= 11 is 0. The first-order valence-corrected chi connectivity index (χ1v) is 6.42. The molecule has 1 aromatic carbocycles. The number of anilines is 1. The molecule has 3 nitrogen and oxygen atoms in total. The van der Waals surface area contributed by atoms with E-state index in [4.69, 9.17) is 4.74 Å². The van der Waals surface area contributed by atoms with E-state index in [1.807, 2.05) is 6.92 Å². The van der Waals surface area contributed by atoms with Crippen molar-refractivity contribution in [1.29, 1.82) is 0 Å². The predicted molar refractivity (Wildman–Crippen MR) is 71.6 cm³/mol. The largest absolute Gasteiger partial charge is 0.380 e. The first-order valence-electron chi connectivity index (χ1n) is 6.42. The molecular weight excluding hydrogens is 212 g/mol. The van der Waals surface area contributed by atoms with E-state index >= 15 is 0 Å². The van der Waals surface area contributed by atoms with Crippen LogP contribution < -0.4 is 10.2 Å². The van der Waals surface area contributed by atoms with Crippen LogP contribution >= 0.6 is 0 Å². The fraction of sp³-hybridized carbons (Fsp3) is 0.571. The Labute approximate surface area is 104 Å². The van der Waals surface area contributed by atoms with E-state index in [0.717, 1.165) is 32.8 Å². The lowest BCUT2D eigenvalue weighted by atomic mass is 10.1. The van der Waals surface area contributed by atoms with Crippen molar-refractivity contribution in [1.82, 2.24) is 5.32 Å². The van der Waals surface area contributed by atoms with Crippen molar-refractivity contribution in [3.8, 4) is 0 Å². The second kappa shape index (κ2) is 6.03. The summed E-state index contributed by atoms with van der Waals surface area (Å²) in [6.07, 6.45) is 1.18. The number of fused-ring (bicyclic) bond motifs is 1. The van der Waals surface area contributed by atoms with Crippen LogP contribution in [-0.2, 0) is 17.7 Å². The van der Waals surface area contributed by atoms with Crippen molar-refractivity contribution in [3.63, 3.8) is 0 Å². The highest BCUT2D eigenvalue weighted by atomic mass is 16.5. The van der Waals surface area contributed by atoms with Crippen molar-refractivity contribution < 1.29 is 4.74 Å². The summed E-state index contributed by atoms with van der Waals surface area (Å²) in [6.45, 7) is 6.62. The summed E-state index contributed by atoms with van der Waals surface area (Å²) in [6, 6.07) is 6.78. The van der Waals surface area contributed by atoms with Gasteiger partial charge in [-0.3, -0.25) is 0 Å². The maximum atomic E-state index is 5.29. The van der Waals surface area contributed by atoms with E-state index in [1.165, 1.54) is 23.2 Å². The van der Waals surface area contributed by atoms with E-state index < -0.39 is 0 Å². The number of ether oxygens (including phenoxy) is 1. The Bertz CT molecular complexity index is 365. The molecule has 0 amide bonds. The van der Waals surface area contributed by atoms with Crippen molar-refractivity contribution in [2.24, 2.45) is 0 Å². The standard InChI is InChI=1S/C14H22N2O/c1-3-17-9-7-15-11-12-4-5-14-13(10-12)6-8-16(14)2/h4-5,10,15H,3,6-9,11H2,1-2H3. The topological polar surface area (TPSA) is 24.5 Å². The molecule has 1 aliphatic heterocycles. The third-order valence-corrected chi connectivity index (χ3v) is 3.23. The molecule has 2 rings (SSSR count). The minimum absolute atomic E-state index is 0.796. The third kappa shape index (κ3) is 3.20. The van der Waals surface area contributed by atoms with Gasteiger partial charge in [0.2, 0.25) is 0 Å². The maximum Gasteiger partial charge on any atom is 0.0590 e. The number of benzene rings is 1.